The monoisotopic (exact) mass is 236 g/mol. The molecule has 0 amide bonds. The van der Waals surface area contributed by atoms with E-state index in [2.05, 4.69) is 16.7 Å². The van der Waals surface area contributed by atoms with E-state index in [0.717, 1.165) is 18.0 Å². The Morgan fingerprint density at radius 3 is 2.41 bits per heavy atom. The standard InChI is InChI=1S/C15H28N2/c1-13-6-2-3-8-15(13)17-11-5-10-16-9-4-7-14(16)12-17/h13-15H,2-12H2,1H3. The molecule has 1 saturated carbocycles. The molecule has 2 nitrogen and oxygen atoms in total. The summed E-state index contributed by atoms with van der Waals surface area (Å²) >= 11 is 0. The normalized spacial score (nSPS) is 41.1. The molecule has 0 aromatic heterocycles. The molecule has 0 radical (unpaired) electrons. The van der Waals surface area contributed by atoms with E-state index in [-0.39, 0.29) is 0 Å². The van der Waals surface area contributed by atoms with Crippen LogP contribution < -0.4 is 0 Å². The van der Waals surface area contributed by atoms with E-state index < -0.39 is 0 Å². The predicted molar refractivity (Wildman–Crippen MR) is 72.2 cm³/mol. The van der Waals surface area contributed by atoms with Crippen LogP contribution in [0.1, 0.15) is 51.9 Å². The van der Waals surface area contributed by atoms with Crippen molar-refractivity contribution in [2.75, 3.05) is 26.2 Å². The Balaban J connectivity index is 1.65. The van der Waals surface area contributed by atoms with Crippen molar-refractivity contribution >= 4 is 0 Å². The average Bonchev–Trinajstić information content (AvgIpc) is 2.68. The quantitative estimate of drug-likeness (QED) is 0.691. The van der Waals surface area contributed by atoms with Gasteiger partial charge in [0.05, 0.1) is 0 Å². The molecule has 3 fully saturated rings. The van der Waals surface area contributed by atoms with Gasteiger partial charge < -0.3 is 0 Å². The fourth-order valence-electron chi connectivity index (χ4n) is 4.38. The smallest absolute Gasteiger partial charge is 0.0223 e. The van der Waals surface area contributed by atoms with Crippen LogP contribution in [0.5, 0.6) is 0 Å². The van der Waals surface area contributed by atoms with E-state index in [1.807, 2.05) is 0 Å². The van der Waals surface area contributed by atoms with Crippen molar-refractivity contribution in [1.29, 1.82) is 0 Å². The minimum absolute atomic E-state index is 0.895. The van der Waals surface area contributed by atoms with Crippen LogP contribution in [-0.2, 0) is 0 Å². The van der Waals surface area contributed by atoms with Crippen LogP contribution in [0.2, 0.25) is 0 Å². The van der Waals surface area contributed by atoms with Crippen LogP contribution in [0, 0.1) is 5.92 Å². The highest BCUT2D eigenvalue weighted by atomic mass is 15.3. The van der Waals surface area contributed by atoms with Crippen molar-refractivity contribution < 1.29 is 0 Å². The molecule has 17 heavy (non-hydrogen) atoms. The Morgan fingerprint density at radius 1 is 0.765 bits per heavy atom. The van der Waals surface area contributed by atoms with Crippen LogP contribution in [0.3, 0.4) is 0 Å². The first-order valence-corrected chi connectivity index (χ1v) is 7.82. The molecular formula is C15H28N2. The lowest BCUT2D eigenvalue weighted by atomic mass is 9.84. The summed E-state index contributed by atoms with van der Waals surface area (Å²) < 4.78 is 0. The number of fused-ring (bicyclic) bond motifs is 1. The highest BCUT2D eigenvalue weighted by Gasteiger charge is 2.33. The molecule has 2 saturated heterocycles. The Morgan fingerprint density at radius 2 is 1.53 bits per heavy atom. The summed E-state index contributed by atoms with van der Waals surface area (Å²) in [6.45, 7) is 7.96. The number of rotatable bonds is 1. The predicted octanol–water partition coefficient (Wildman–Crippen LogP) is 2.74. The SMILES string of the molecule is CC1CCCCC1N1CCCN2CCCC2C1. The molecule has 0 aromatic rings. The van der Waals surface area contributed by atoms with E-state index in [1.54, 1.807) is 0 Å². The topological polar surface area (TPSA) is 6.48 Å². The van der Waals surface area contributed by atoms with Gasteiger partial charge in [-0.15, -0.1) is 0 Å². The Bertz CT molecular complexity index is 253. The molecule has 0 spiro atoms. The van der Waals surface area contributed by atoms with E-state index in [1.165, 1.54) is 71.1 Å². The zero-order valence-corrected chi connectivity index (χ0v) is 11.4. The highest BCUT2D eigenvalue weighted by Crippen LogP contribution is 2.31. The third-order valence-electron chi connectivity index (χ3n) is 5.37. The second kappa shape index (κ2) is 5.27. The van der Waals surface area contributed by atoms with Gasteiger partial charge in [-0.2, -0.15) is 0 Å². The molecule has 3 atom stereocenters. The Hall–Kier alpha value is -0.0800. The summed E-state index contributed by atoms with van der Waals surface area (Å²) in [5, 5.41) is 0. The van der Waals surface area contributed by atoms with Crippen molar-refractivity contribution in [2.45, 2.75) is 64.0 Å². The zero-order chi connectivity index (χ0) is 11.7. The minimum Gasteiger partial charge on any atom is -0.299 e. The first-order valence-electron chi connectivity index (χ1n) is 7.82. The fraction of sp³-hybridized carbons (Fsp3) is 1.00. The molecule has 0 bridgehead atoms. The summed E-state index contributed by atoms with van der Waals surface area (Å²) in [5.41, 5.74) is 0. The van der Waals surface area contributed by atoms with Crippen LogP contribution in [0.4, 0.5) is 0 Å². The number of nitrogens with zero attached hydrogens (tertiary/aromatic N) is 2. The Labute approximate surface area is 106 Å². The van der Waals surface area contributed by atoms with Crippen molar-refractivity contribution in [3.8, 4) is 0 Å². The van der Waals surface area contributed by atoms with Gasteiger partial charge >= 0.3 is 0 Å². The van der Waals surface area contributed by atoms with Gasteiger partial charge in [0.2, 0.25) is 0 Å². The third kappa shape index (κ3) is 2.53. The molecule has 2 aliphatic heterocycles. The van der Waals surface area contributed by atoms with Crippen molar-refractivity contribution in [2.24, 2.45) is 5.92 Å². The molecule has 2 heterocycles. The second-order valence-electron chi connectivity index (χ2n) is 6.51. The first-order chi connectivity index (χ1) is 8.34. The van der Waals surface area contributed by atoms with Gasteiger partial charge in [-0.1, -0.05) is 19.8 Å². The number of hydrogen-bond donors (Lipinski definition) is 0. The third-order valence-corrected chi connectivity index (χ3v) is 5.37. The summed E-state index contributed by atoms with van der Waals surface area (Å²) in [6.07, 6.45) is 10.2. The minimum atomic E-state index is 0.895. The van der Waals surface area contributed by atoms with Crippen molar-refractivity contribution in [3.63, 3.8) is 0 Å². The van der Waals surface area contributed by atoms with Gasteiger partial charge in [0.15, 0.2) is 0 Å². The van der Waals surface area contributed by atoms with Crippen LogP contribution >= 0.6 is 0 Å². The molecular weight excluding hydrogens is 208 g/mol. The van der Waals surface area contributed by atoms with Gasteiger partial charge in [0.25, 0.3) is 0 Å². The number of hydrogen-bond acceptors (Lipinski definition) is 2. The van der Waals surface area contributed by atoms with E-state index in [4.69, 9.17) is 0 Å². The van der Waals surface area contributed by atoms with E-state index in [9.17, 15) is 0 Å². The summed E-state index contributed by atoms with van der Waals surface area (Å²) in [6, 6.07) is 1.80. The van der Waals surface area contributed by atoms with E-state index in [0.29, 0.717) is 0 Å². The van der Waals surface area contributed by atoms with Gasteiger partial charge in [0, 0.05) is 18.6 Å². The molecule has 3 aliphatic rings. The lowest BCUT2D eigenvalue weighted by Gasteiger charge is -2.39. The molecule has 3 unspecified atom stereocenters. The fourth-order valence-corrected chi connectivity index (χ4v) is 4.38. The second-order valence-corrected chi connectivity index (χ2v) is 6.51. The maximum Gasteiger partial charge on any atom is 0.0223 e. The van der Waals surface area contributed by atoms with Crippen LogP contribution in [-0.4, -0.2) is 48.1 Å². The average molecular weight is 236 g/mol. The molecule has 2 heteroatoms. The van der Waals surface area contributed by atoms with Crippen LogP contribution in [0.25, 0.3) is 0 Å². The van der Waals surface area contributed by atoms with Gasteiger partial charge in [-0.3, -0.25) is 9.80 Å². The summed E-state index contributed by atoms with van der Waals surface area (Å²) in [4.78, 5) is 5.62. The maximum absolute atomic E-state index is 2.86. The summed E-state index contributed by atoms with van der Waals surface area (Å²) in [7, 11) is 0. The zero-order valence-electron chi connectivity index (χ0n) is 11.4. The van der Waals surface area contributed by atoms with Crippen molar-refractivity contribution in [3.05, 3.63) is 0 Å². The molecule has 1 aliphatic carbocycles. The molecule has 3 rings (SSSR count). The van der Waals surface area contributed by atoms with E-state index >= 15 is 0 Å². The maximum atomic E-state index is 2.86. The highest BCUT2D eigenvalue weighted by molar-refractivity contribution is 4.89. The Kier molecular flexibility index (Phi) is 3.72. The lowest BCUT2D eigenvalue weighted by Crippen LogP contribution is -2.45. The largest absolute Gasteiger partial charge is 0.299 e. The first kappa shape index (κ1) is 12.0. The molecule has 0 N–H and O–H groups in total. The van der Waals surface area contributed by atoms with Gasteiger partial charge in [-0.05, 0) is 57.7 Å². The molecule has 0 aromatic carbocycles. The van der Waals surface area contributed by atoms with Crippen molar-refractivity contribution in [1.82, 2.24) is 9.80 Å². The summed E-state index contributed by atoms with van der Waals surface area (Å²) in [5.74, 6) is 0.941. The van der Waals surface area contributed by atoms with Gasteiger partial charge in [0.1, 0.15) is 0 Å². The van der Waals surface area contributed by atoms with Gasteiger partial charge in [-0.25, -0.2) is 0 Å². The van der Waals surface area contributed by atoms with Crippen LogP contribution in [0.15, 0.2) is 0 Å². The lowest BCUT2D eigenvalue weighted by molar-refractivity contribution is 0.103. The molecule has 98 valence electrons.